The molecule has 0 fully saturated rings. The van der Waals surface area contributed by atoms with Crippen LogP contribution in [-0.4, -0.2) is 41.6 Å². The lowest BCUT2D eigenvalue weighted by Gasteiger charge is -2.24. The first-order chi connectivity index (χ1) is 16.0. The zero-order valence-electron chi connectivity index (χ0n) is 18.2. The predicted molar refractivity (Wildman–Crippen MR) is 125 cm³/mol. The number of fused-ring (bicyclic) bond motifs is 1. The van der Waals surface area contributed by atoms with E-state index in [9.17, 15) is 5.11 Å². The highest BCUT2D eigenvalue weighted by Gasteiger charge is 2.29. The van der Waals surface area contributed by atoms with Gasteiger partial charge in [0.1, 0.15) is 5.60 Å². The van der Waals surface area contributed by atoms with Gasteiger partial charge in [0, 0.05) is 41.1 Å². The highest BCUT2D eigenvalue weighted by molar-refractivity contribution is 5.84. The molecule has 0 radical (unpaired) electrons. The number of nitrogens with zero attached hydrogens (tertiary/aromatic N) is 5. The molecule has 1 aromatic carbocycles. The molecule has 0 spiro atoms. The van der Waals surface area contributed by atoms with Crippen LogP contribution in [0.25, 0.3) is 16.7 Å². The number of nitrogen functional groups attached to an aromatic ring is 1. The number of pyridine rings is 1. The summed E-state index contributed by atoms with van der Waals surface area (Å²) in [6, 6.07) is 13.2. The number of aliphatic hydroxyl groups excluding tert-OH is 1. The minimum atomic E-state index is -1.32. The fraction of sp³-hybridized carbons (Fsp3) is 0.200. The van der Waals surface area contributed by atoms with Crippen LogP contribution in [0.2, 0.25) is 0 Å². The number of hydrogen-bond donors (Lipinski definition) is 3. The molecule has 0 saturated heterocycles. The van der Waals surface area contributed by atoms with E-state index in [-0.39, 0.29) is 12.6 Å². The summed E-state index contributed by atoms with van der Waals surface area (Å²) in [5.74, 6) is 0.0995. The molecule has 1 aliphatic carbocycles. The van der Waals surface area contributed by atoms with Gasteiger partial charge >= 0.3 is 0 Å². The lowest BCUT2D eigenvalue weighted by Crippen LogP contribution is -2.25. The number of rotatable bonds is 6. The zero-order chi connectivity index (χ0) is 23.0. The summed E-state index contributed by atoms with van der Waals surface area (Å²) in [5.41, 5.74) is 11.2. The molecule has 0 unspecified atom stereocenters. The number of nitrogens with two attached hydrogens (primary N) is 1. The monoisotopic (exact) mass is 440 g/mol. The van der Waals surface area contributed by atoms with E-state index in [2.05, 4.69) is 32.2 Å². The van der Waals surface area contributed by atoms with Gasteiger partial charge in [0.2, 0.25) is 5.95 Å². The summed E-state index contributed by atoms with van der Waals surface area (Å²) in [4.78, 5) is 13.5. The average Bonchev–Trinajstić information content (AvgIpc) is 3.46. The van der Waals surface area contributed by atoms with E-state index in [1.807, 2.05) is 42.7 Å². The Bertz CT molecular complexity index is 1340. The van der Waals surface area contributed by atoms with Crippen LogP contribution >= 0.6 is 0 Å². The van der Waals surface area contributed by atoms with Crippen molar-refractivity contribution < 1.29 is 10.2 Å². The summed E-state index contributed by atoms with van der Waals surface area (Å²) >= 11 is 0. The molecule has 0 aliphatic heterocycles. The topological polar surface area (TPSA) is 123 Å². The highest BCUT2D eigenvalue weighted by atomic mass is 16.3. The first-order valence-electron chi connectivity index (χ1n) is 10.7. The van der Waals surface area contributed by atoms with E-state index < -0.39 is 5.60 Å². The van der Waals surface area contributed by atoms with E-state index in [0.29, 0.717) is 24.4 Å². The predicted octanol–water partition coefficient (Wildman–Crippen LogP) is 2.55. The molecule has 3 aromatic heterocycles. The summed E-state index contributed by atoms with van der Waals surface area (Å²) in [6.07, 6.45) is 8.23. The Morgan fingerprint density at radius 3 is 2.70 bits per heavy atom. The Labute approximate surface area is 191 Å². The molecule has 1 aliphatic rings. The molecule has 8 nitrogen and oxygen atoms in total. The van der Waals surface area contributed by atoms with Crippen molar-refractivity contribution in [2.45, 2.75) is 25.5 Å². The molecule has 4 N–H and O–H groups in total. The first-order valence-corrected chi connectivity index (χ1v) is 10.7. The lowest BCUT2D eigenvalue weighted by atomic mass is 9.91. The van der Waals surface area contributed by atoms with Gasteiger partial charge in [-0.3, -0.25) is 9.67 Å². The lowest BCUT2D eigenvalue weighted by molar-refractivity contribution is 0.0974. The van der Waals surface area contributed by atoms with Crippen LogP contribution in [0.4, 0.5) is 5.95 Å². The third-order valence-electron chi connectivity index (χ3n) is 5.91. The van der Waals surface area contributed by atoms with E-state index in [0.717, 1.165) is 33.5 Å². The van der Waals surface area contributed by atoms with Crippen LogP contribution in [0.1, 0.15) is 35.1 Å². The Morgan fingerprint density at radius 1 is 1.09 bits per heavy atom. The standard InChI is InChI=1S/C25H24N6O2/c1-25(33,18-5-3-2-4-6-18)23-12-22(29-24(26)30-23)19-7-8-21-20(19)11-16(13-27-21)17-14-28-31(15-17)9-10-32/h2-7,11-15,32-33H,8-10H2,1H3,(H2,26,29,30)/t25-/m0/s1. The number of anilines is 1. The van der Waals surface area contributed by atoms with Crippen LogP contribution in [-0.2, 0) is 18.6 Å². The van der Waals surface area contributed by atoms with Crippen LogP contribution in [0.5, 0.6) is 0 Å². The van der Waals surface area contributed by atoms with Gasteiger partial charge in [0.15, 0.2) is 0 Å². The number of allylic oxidation sites excluding steroid dienone is 1. The normalized spacial score (nSPS) is 14.6. The Balaban J connectivity index is 1.53. The third kappa shape index (κ3) is 3.90. The molecule has 0 saturated carbocycles. The summed E-state index contributed by atoms with van der Waals surface area (Å²) < 4.78 is 1.70. The SMILES string of the molecule is C[C@](O)(c1ccccc1)c1cc(C2=CCc3ncc(-c4cnn(CCO)c4)cc32)nc(N)n1. The number of aromatic nitrogens is 5. The fourth-order valence-corrected chi connectivity index (χ4v) is 4.10. The van der Waals surface area contributed by atoms with Crippen LogP contribution in [0, 0.1) is 0 Å². The van der Waals surface area contributed by atoms with Gasteiger partial charge in [-0.25, -0.2) is 9.97 Å². The molecular weight excluding hydrogens is 416 g/mol. The van der Waals surface area contributed by atoms with Crippen molar-refractivity contribution in [2.75, 3.05) is 12.3 Å². The molecule has 0 amide bonds. The Hall–Kier alpha value is -3.88. The fourth-order valence-electron chi connectivity index (χ4n) is 4.10. The van der Waals surface area contributed by atoms with Crippen molar-refractivity contribution in [3.8, 4) is 11.1 Å². The molecule has 33 heavy (non-hydrogen) atoms. The minimum absolute atomic E-state index is 0.0284. The number of aliphatic hydroxyl groups is 2. The van der Waals surface area contributed by atoms with Gasteiger partial charge in [-0.2, -0.15) is 5.10 Å². The Morgan fingerprint density at radius 2 is 1.91 bits per heavy atom. The maximum absolute atomic E-state index is 11.3. The van der Waals surface area contributed by atoms with Crippen molar-refractivity contribution >= 4 is 11.5 Å². The second kappa shape index (κ2) is 8.23. The summed E-state index contributed by atoms with van der Waals surface area (Å²) in [6.45, 7) is 2.17. The van der Waals surface area contributed by atoms with E-state index in [4.69, 9.17) is 10.8 Å². The summed E-state index contributed by atoms with van der Waals surface area (Å²) in [7, 11) is 0. The molecule has 5 rings (SSSR count). The maximum Gasteiger partial charge on any atom is 0.220 e. The molecule has 0 bridgehead atoms. The summed E-state index contributed by atoms with van der Waals surface area (Å²) in [5, 5.41) is 24.7. The van der Waals surface area contributed by atoms with E-state index >= 15 is 0 Å². The second-order valence-electron chi connectivity index (χ2n) is 8.19. The van der Waals surface area contributed by atoms with Crippen molar-refractivity contribution in [1.29, 1.82) is 0 Å². The van der Waals surface area contributed by atoms with Crippen molar-refractivity contribution in [1.82, 2.24) is 24.7 Å². The van der Waals surface area contributed by atoms with Crippen molar-refractivity contribution in [3.05, 3.63) is 95.3 Å². The van der Waals surface area contributed by atoms with Gasteiger partial charge in [-0.15, -0.1) is 0 Å². The van der Waals surface area contributed by atoms with Crippen molar-refractivity contribution in [3.63, 3.8) is 0 Å². The van der Waals surface area contributed by atoms with Gasteiger partial charge in [0.25, 0.3) is 0 Å². The quantitative estimate of drug-likeness (QED) is 0.421. The van der Waals surface area contributed by atoms with Gasteiger partial charge in [-0.1, -0.05) is 36.4 Å². The third-order valence-corrected chi connectivity index (χ3v) is 5.91. The van der Waals surface area contributed by atoms with Gasteiger partial charge < -0.3 is 15.9 Å². The van der Waals surface area contributed by atoms with Crippen LogP contribution in [0.3, 0.4) is 0 Å². The van der Waals surface area contributed by atoms with Gasteiger partial charge in [-0.05, 0) is 24.6 Å². The highest BCUT2D eigenvalue weighted by Crippen LogP contribution is 2.36. The second-order valence-corrected chi connectivity index (χ2v) is 8.19. The van der Waals surface area contributed by atoms with E-state index in [1.54, 1.807) is 23.9 Å². The maximum atomic E-state index is 11.3. The van der Waals surface area contributed by atoms with Gasteiger partial charge in [0.05, 0.1) is 36.4 Å². The average molecular weight is 441 g/mol. The Kier molecular flexibility index (Phi) is 5.24. The molecule has 4 aromatic rings. The molecule has 1 atom stereocenters. The minimum Gasteiger partial charge on any atom is -0.394 e. The number of benzene rings is 1. The first kappa shape index (κ1) is 21.0. The molecule has 166 valence electrons. The zero-order valence-corrected chi connectivity index (χ0v) is 18.2. The number of hydrogen-bond acceptors (Lipinski definition) is 7. The molecule has 8 heteroatoms. The van der Waals surface area contributed by atoms with Crippen LogP contribution in [0.15, 0.2) is 67.1 Å². The molecular formula is C25H24N6O2. The van der Waals surface area contributed by atoms with E-state index in [1.165, 1.54) is 0 Å². The largest absolute Gasteiger partial charge is 0.394 e. The smallest absolute Gasteiger partial charge is 0.220 e. The molecule has 3 heterocycles. The van der Waals surface area contributed by atoms with Crippen molar-refractivity contribution in [2.24, 2.45) is 0 Å². The van der Waals surface area contributed by atoms with Crippen LogP contribution < -0.4 is 5.73 Å².